The van der Waals surface area contributed by atoms with Gasteiger partial charge in [0, 0.05) is 24.3 Å². The molecule has 0 bridgehead atoms. The number of hydrogen-bond acceptors (Lipinski definition) is 3. The van der Waals surface area contributed by atoms with E-state index in [0.717, 1.165) is 17.0 Å². The number of carbonyl (C=O) groups is 2. The maximum absolute atomic E-state index is 12.8. The molecule has 1 fully saturated rings. The minimum Gasteiger partial charge on any atom is -0.457 e. The van der Waals surface area contributed by atoms with E-state index in [-0.39, 0.29) is 29.6 Å². The first-order valence-corrected chi connectivity index (χ1v) is 11.7. The second kappa shape index (κ2) is 9.34. The van der Waals surface area contributed by atoms with Gasteiger partial charge >= 0.3 is 0 Å². The Hall–Kier alpha value is -3.60. The van der Waals surface area contributed by atoms with Gasteiger partial charge in [-0.25, -0.2) is 0 Å². The van der Waals surface area contributed by atoms with Crippen molar-refractivity contribution in [1.82, 2.24) is 0 Å². The maximum Gasteiger partial charge on any atom is 0.229 e. The Labute approximate surface area is 201 Å². The molecule has 4 rings (SSSR count). The zero-order valence-electron chi connectivity index (χ0n) is 20.5. The van der Waals surface area contributed by atoms with E-state index >= 15 is 0 Å². The molecule has 0 aromatic heterocycles. The standard InChI is InChI=1S/C29H32N2O3/c1-19-6-11-24(16-20(19)2)31-18-21(17-27(31)32)28(33)30-23-9-14-26(15-10-23)34-25-12-7-22(8-13-25)29(3,4)5/h6-16,21H,17-18H2,1-5H3,(H,30,33)/t21-/m1/s1. The number of anilines is 2. The third kappa shape index (κ3) is 5.30. The number of carbonyl (C=O) groups excluding carboxylic acids is 2. The van der Waals surface area contributed by atoms with Crippen LogP contribution in [0.15, 0.2) is 66.7 Å². The fourth-order valence-corrected chi connectivity index (χ4v) is 4.04. The summed E-state index contributed by atoms with van der Waals surface area (Å²) in [6.45, 7) is 11.0. The van der Waals surface area contributed by atoms with Gasteiger partial charge in [0.2, 0.25) is 11.8 Å². The Bertz CT molecular complexity index is 1190. The Morgan fingerprint density at radius 1 is 0.912 bits per heavy atom. The molecule has 0 saturated carbocycles. The van der Waals surface area contributed by atoms with Gasteiger partial charge in [-0.2, -0.15) is 0 Å². The largest absolute Gasteiger partial charge is 0.457 e. The molecule has 1 aliphatic rings. The Morgan fingerprint density at radius 2 is 1.53 bits per heavy atom. The van der Waals surface area contributed by atoms with Crippen LogP contribution in [0.25, 0.3) is 0 Å². The van der Waals surface area contributed by atoms with Crippen molar-refractivity contribution in [3.05, 3.63) is 83.4 Å². The lowest BCUT2D eigenvalue weighted by Crippen LogP contribution is -2.28. The second-order valence-corrected chi connectivity index (χ2v) is 10.1. The van der Waals surface area contributed by atoms with E-state index in [2.05, 4.69) is 38.2 Å². The van der Waals surface area contributed by atoms with Gasteiger partial charge in [-0.1, -0.05) is 39.0 Å². The van der Waals surface area contributed by atoms with Gasteiger partial charge in [0.15, 0.2) is 0 Å². The molecule has 34 heavy (non-hydrogen) atoms. The van der Waals surface area contributed by atoms with Gasteiger partial charge in [-0.3, -0.25) is 9.59 Å². The van der Waals surface area contributed by atoms with Crippen LogP contribution in [0, 0.1) is 19.8 Å². The maximum atomic E-state index is 12.8. The predicted molar refractivity (Wildman–Crippen MR) is 137 cm³/mol. The van der Waals surface area contributed by atoms with Gasteiger partial charge < -0.3 is 15.0 Å². The van der Waals surface area contributed by atoms with E-state index in [0.29, 0.717) is 18.0 Å². The predicted octanol–water partition coefficient (Wildman–Crippen LogP) is 6.38. The number of hydrogen-bond donors (Lipinski definition) is 1. The molecule has 1 aliphatic heterocycles. The van der Waals surface area contributed by atoms with Crippen LogP contribution in [0.1, 0.15) is 43.9 Å². The molecule has 3 aromatic carbocycles. The third-order valence-corrected chi connectivity index (χ3v) is 6.38. The summed E-state index contributed by atoms with van der Waals surface area (Å²) in [5.41, 5.74) is 5.18. The summed E-state index contributed by atoms with van der Waals surface area (Å²) in [6.07, 6.45) is 0.213. The van der Waals surface area contributed by atoms with E-state index in [1.54, 1.807) is 4.90 Å². The number of benzene rings is 3. The van der Waals surface area contributed by atoms with Crippen LogP contribution in [-0.4, -0.2) is 18.4 Å². The van der Waals surface area contributed by atoms with Gasteiger partial charge in [0.1, 0.15) is 11.5 Å². The number of nitrogens with one attached hydrogen (secondary N) is 1. The molecule has 5 heteroatoms. The summed E-state index contributed by atoms with van der Waals surface area (Å²) >= 11 is 0. The number of ether oxygens (including phenoxy) is 1. The molecule has 0 spiro atoms. The van der Waals surface area contributed by atoms with Crippen molar-refractivity contribution in [2.45, 2.75) is 46.5 Å². The summed E-state index contributed by atoms with van der Waals surface area (Å²) in [5, 5.41) is 2.94. The van der Waals surface area contributed by atoms with Crippen molar-refractivity contribution in [2.75, 3.05) is 16.8 Å². The third-order valence-electron chi connectivity index (χ3n) is 6.38. The molecular formula is C29H32N2O3. The van der Waals surface area contributed by atoms with E-state index < -0.39 is 0 Å². The number of aryl methyl sites for hydroxylation is 2. The molecule has 3 aromatic rings. The van der Waals surface area contributed by atoms with Gasteiger partial charge in [0.25, 0.3) is 0 Å². The quantitative estimate of drug-likeness (QED) is 0.484. The molecule has 0 radical (unpaired) electrons. The molecular weight excluding hydrogens is 424 g/mol. The molecule has 5 nitrogen and oxygen atoms in total. The fraction of sp³-hybridized carbons (Fsp3) is 0.310. The van der Waals surface area contributed by atoms with Crippen molar-refractivity contribution in [1.29, 1.82) is 0 Å². The smallest absolute Gasteiger partial charge is 0.229 e. The first kappa shape index (κ1) is 23.6. The van der Waals surface area contributed by atoms with Crippen molar-refractivity contribution >= 4 is 23.2 Å². The lowest BCUT2D eigenvalue weighted by atomic mass is 9.87. The Balaban J connectivity index is 1.35. The summed E-state index contributed by atoms with van der Waals surface area (Å²) in [6, 6.07) is 21.3. The number of nitrogens with zero attached hydrogens (tertiary/aromatic N) is 1. The lowest BCUT2D eigenvalue weighted by molar-refractivity contribution is -0.122. The molecule has 0 unspecified atom stereocenters. The molecule has 1 N–H and O–H groups in total. The molecule has 1 saturated heterocycles. The van der Waals surface area contributed by atoms with Gasteiger partial charge in [0.05, 0.1) is 5.92 Å². The van der Waals surface area contributed by atoms with Gasteiger partial charge in [-0.15, -0.1) is 0 Å². The van der Waals surface area contributed by atoms with Crippen LogP contribution in [0.3, 0.4) is 0 Å². The summed E-state index contributed by atoms with van der Waals surface area (Å²) in [4.78, 5) is 27.1. The molecule has 1 atom stereocenters. The van der Waals surface area contributed by atoms with E-state index in [4.69, 9.17) is 4.74 Å². The van der Waals surface area contributed by atoms with Crippen molar-refractivity contribution in [2.24, 2.45) is 5.92 Å². The van der Waals surface area contributed by atoms with Crippen LogP contribution in [0.4, 0.5) is 11.4 Å². The zero-order valence-corrected chi connectivity index (χ0v) is 20.5. The van der Waals surface area contributed by atoms with Crippen LogP contribution >= 0.6 is 0 Å². The SMILES string of the molecule is Cc1ccc(N2C[C@H](C(=O)Nc3ccc(Oc4ccc(C(C)(C)C)cc4)cc3)CC2=O)cc1C. The van der Waals surface area contributed by atoms with E-state index in [1.807, 2.05) is 68.4 Å². The number of amides is 2. The van der Waals surface area contributed by atoms with Crippen molar-refractivity contribution in [3.63, 3.8) is 0 Å². The van der Waals surface area contributed by atoms with Crippen molar-refractivity contribution < 1.29 is 14.3 Å². The zero-order chi connectivity index (χ0) is 24.5. The molecule has 2 amide bonds. The minimum atomic E-state index is -0.383. The van der Waals surface area contributed by atoms with E-state index in [1.165, 1.54) is 11.1 Å². The average molecular weight is 457 g/mol. The normalized spacial score (nSPS) is 16.0. The molecule has 0 aliphatic carbocycles. The lowest BCUT2D eigenvalue weighted by Gasteiger charge is -2.19. The fourth-order valence-electron chi connectivity index (χ4n) is 4.04. The van der Waals surface area contributed by atoms with Crippen LogP contribution in [0.5, 0.6) is 11.5 Å². The highest BCUT2D eigenvalue weighted by molar-refractivity contribution is 6.03. The Kier molecular flexibility index (Phi) is 6.47. The topological polar surface area (TPSA) is 58.6 Å². The van der Waals surface area contributed by atoms with Crippen LogP contribution in [0.2, 0.25) is 0 Å². The Morgan fingerprint density at radius 3 is 2.12 bits per heavy atom. The first-order valence-electron chi connectivity index (χ1n) is 11.7. The molecule has 176 valence electrons. The van der Waals surface area contributed by atoms with Crippen molar-refractivity contribution in [3.8, 4) is 11.5 Å². The second-order valence-electron chi connectivity index (χ2n) is 10.1. The average Bonchev–Trinajstić information content (AvgIpc) is 3.18. The number of rotatable bonds is 5. The van der Waals surface area contributed by atoms with Gasteiger partial charge in [-0.05, 0) is 84.5 Å². The first-order chi connectivity index (χ1) is 16.1. The summed E-state index contributed by atoms with van der Waals surface area (Å²) < 4.78 is 5.94. The molecule has 1 heterocycles. The highest BCUT2D eigenvalue weighted by Crippen LogP contribution is 2.29. The van der Waals surface area contributed by atoms with Crippen LogP contribution in [-0.2, 0) is 15.0 Å². The highest BCUT2D eigenvalue weighted by atomic mass is 16.5. The summed E-state index contributed by atoms with van der Waals surface area (Å²) in [5.74, 6) is 0.904. The van der Waals surface area contributed by atoms with E-state index in [9.17, 15) is 9.59 Å². The minimum absolute atomic E-state index is 0.0235. The highest BCUT2D eigenvalue weighted by Gasteiger charge is 2.35. The summed E-state index contributed by atoms with van der Waals surface area (Å²) in [7, 11) is 0. The van der Waals surface area contributed by atoms with Crippen LogP contribution < -0.4 is 15.0 Å². The monoisotopic (exact) mass is 456 g/mol.